The fourth-order valence-corrected chi connectivity index (χ4v) is 2.62. The molecule has 5 nitrogen and oxygen atoms in total. The molecule has 0 spiro atoms. The molecule has 6 heteroatoms. The van der Waals surface area contributed by atoms with Crippen molar-refractivity contribution in [3.8, 4) is 0 Å². The summed E-state index contributed by atoms with van der Waals surface area (Å²) in [5, 5.41) is 18.6. The normalized spacial score (nSPS) is 17.7. The topological polar surface area (TPSA) is 73.7 Å². The van der Waals surface area contributed by atoms with Gasteiger partial charge >= 0.3 is 5.97 Å². The zero-order chi connectivity index (χ0) is 11.5. The largest absolute Gasteiger partial charge is 0.477 e. The van der Waals surface area contributed by atoms with Gasteiger partial charge in [-0.15, -0.1) is 0 Å². The zero-order valence-corrected chi connectivity index (χ0v) is 9.61. The van der Waals surface area contributed by atoms with Gasteiger partial charge in [0.2, 0.25) is 0 Å². The van der Waals surface area contributed by atoms with Crippen LogP contribution in [0.1, 0.15) is 22.5 Å². The molecular formula is C10H14N2O3S. The number of rotatable bonds is 3. The SMILES string of the molecule is O=C(O)c1cnc(N2CCC(CO)CC2)s1. The van der Waals surface area contributed by atoms with Crippen LogP contribution < -0.4 is 4.90 Å². The second kappa shape index (κ2) is 4.80. The number of nitrogens with zero attached hydrogens (tertiary/aromatic N) is 2. The molecule has 88 valence electrons. The lowest BCUT2D eigenvalue weighted by Gasteiger charge is -2.30. The molecule has 1 aliphatic rings. The van der Waals surface area contributed by atoms with Crippen LogP contribution in [0.25, 0.3) is 0 Å². The number of aromatic carboxylic acids is 1. The van der Waals surface area contributed by atoms with Crippen molar-refractivity contribution in [2.24, 2.45) is 5.92 Å². The summed E-state index contributed by atoms with van der Waals surface area (Å²) in [5.41, 5.74) is 0. The van der Waals surface area contributed by atoms with E-state index in [2.05, 4.69) is 9.88 Å². The standard InChI is InChI=1S/C10H14N2O3S/c13-6-7-1-3-12(4-2-7)10-11-5-8(16-10)9(14)15/h5,7,13H,1-4,6H2,(H,14,15). The van der Waals surface area contributed by atoms with E-state index >= 15 is 0 Å². The molecule has 1 aromatic heterocycles. The summed E-state index contributed by atoms with van der Waals surface area (Å²) in [6, 6.07) is 0. The maximum absolute atomic E-state index is 10.7. The molecule has 0 amide bonds. The minimum atomic E-state index is -0.922. The van der Waals surface area contributed by atoms with E-state index in [0.29, 0.717) is 5.92 Å². The van der Waals surface area contributed by atoms with Crippen molar-refractivity contribution in [3.63, 3.8) is 0 Å². The lowest BCUT2D eigenvalue weighted by molar-refractivity contribution is 0.0702. The molecule has 0 radical (unpaired) electrons. The van der Waals surface area contributed by atoms with Crippen LogP contribution in [-0.4, -0.2) is 40.9 Å². The van der Waals surface area contributed by atoms with Crippen LogP contribution in [0.5, 0.6) is 0 Å². The summed E-state index contributed by atoms with van der Waals surface area (Å²) in [7, 11) is 0. The Bertz CT molecular complexity index is 372. The van der Waals surface area contributed by atoms with E-state index in [1.165, 1.54) is 17.5 Å². The number of aromatic nitrogens is 1. The summed E-state index contributed by atoms with van der Waals surface area (Å²) in [4.78, 5) is 17.2. The van der Waals surface area contributed by atoms with Crippen LogP contribution >= 0.6 is 11.3 Å². The molecule has 0 unspecified atom stereocenters. The Morgan fingerprint density at radius 1 is 1.56 bits per heavy atom. The van der Waals surface area contributed by atoms with E-state index in [0.717, 1.165) is 31.1 Å². The zero-order valence-electron chi connectivity index (χ0n) is 8.80. The third-order valence-electron chi connectivity index (χ3n) is 2.85. The van der Waals surface area contributed by atoms with Gasteiger partial charge in [0.1, 0.15) is 4.88 Å². The Balaban J connectivity index is 2.00. The van der Waals surface area contributed by atoms with Gasteiger partial charge in [-0.3, -0.25) is 0 Å². The van der Waals surface area contributed by atoms with E-state index in [9.17, 15) is 4.79 Å². The molecule has 0 aromatic carbocycles. The third kappa shape index (κ3) is 2.33. The summed E-state index contributed by atoms with van der Waals surface area (Å²) in [5.74, 6) is -0.538. The first-order valence-electron chi connectivity index (χ1n) is 5.25. The Labute approximate surface area is 97.4 Å². The Morgan fingerprint density at radius 3 is 2.75 bits per heavy atom. The van der Waals surface area contributed by atoms with Crippen molar-refractivity contribution < 1.29 is 15.0 Å². The van der Waals surface area contributed by atoms with E-state index in [1.54, 1.807) is 0 Å². The first kappa shape index (κ1) is 11.3. The molecule has 0 atom stereocenters. The Kier molecular flexibility index (Phi) is 3.40. The second-order valence-corrected chi connectivity index (χ2v) is 4.93. The fraction of sp³-hybridized carbons (Fsp3) is 0.600. The van der Waals surface area contributed by atoms with Gasteiger partial charge in [-0.1, -0.05) is 11.3 Å². The lowest BCUT2D eigenvalue weighted by atomic mass is 9.98. The monoisotopic (exact) mass is 242 g/mol. The van der Waals surface area contributed by atoms with Gasteiger partial charge in [-0.05, 0) is 18.8 Å². The number of aliphatic hydroxyl groups excluding tert-OH is 1. The Hall–Kier alpha value is -1.14. The molecule has 0 saturated carbocycles. The van der Waals surface area contributed by atoms with Crippen LogP contribution in [0.4, 0.5) is 5.13 Å². The average Bonchev–Trinajstić information content (AvgIpc) is 2.78. The summed E-state index contributed by atoms with van der Waals surface area (Å²) in [6.45, 7) is 1.93. The first-order chi connectivity index (χ1) is 7.70. The van der Waals surface area contributed by atoms with Crippen molar-refractivity contribution >= 4 is 22.4 Å². The maximum Gasteiger partial charge on any atom is 0.347 e. The number of aliphatic hydroxyl groups is 1. The van der Waals surface area contributed by atoms with Gasteiger partial charge in [0.25, 0.3) is 0 Å². The van der Waals surface area contributed by atoms with Gasteiger partial charge in [-0.25, -0.2) is 9.78 Å². The predicted octanol–water partition coefficient (Wildman–Crippen LogP) is 1.05. The molecule has 16 heavy (non-hydrogen) atoms. The van der Waals surface area contributed by atoms with E-state index in [4.69, 9.17) is 10.2 Å². The number of anilines is 1. The van der Waals surface area contributed by atoms with Crippen molar-refractivity contribution in [2.75, 3.05) is 24.6 Å². The minimum Gasteiger partial charge on any atom is -0.477 e. The maximum atomic E-state index is 10.7. The highest BCUT2D eigenvalue weighted by Gasteiger charge is 2.21. The number of carbonyl (C=O) groups is 1. The highest BCUT2D eigenvalue weighted by Crippen LogP contribution is 2.27. The van der Waals surface area contributed by atoms with E-state index in [-0.39, 0.29) is 11.5 Å². The smallest absolute Gasteiger partial charge is 0.347 e. The van der Waals surface area contributed by atoms with Crippen LogP contribution in [-0.2, 0) is 0 Å². The molecule has 2 N–H and O–H groups in total. The highest BCUT2D eigenvalue weighted by atomic mass is 32.1. The van der Waals surface area contributed by atoms with Gasteiger partial charge in [0.05, 0.1) is 6.20 Å². The molecule has 1 aromatic rings. The molecular weight excluding hydrogens is 228 g/mol. The number of piperidine rings is 1. The number of carboxylic acids is 1. The summed E-state index contributed by atoms with van der Waals surface area (Å²) in [6.07, 6.45) is 3.29. The molecule has 1 fully saturated rings. The van der Waals surface area contributed by atoms with Gasteiger partial charge < -0.3 is 15.1 Å². The molecule has 0 aliphatic carbocycles. The van der Waals surface area contributed by atoms with Crippen LogP contribution in [0.15, 0.2) is 6.20 Å². The average molecular weight is 242 g/mol. The molecule has 1 aliphatic heterocycles. The van der Waals surface area contributed by atoms with Gasteiger partial charge in [0, 0.05) is 19.7 Å². The number of hydrogen-bond donors (Lipinski definition) is 2. The number of thiazole rings is 1. The third-order valence-corrected chi connectivity index (χ3v) is 3.89. The van der Waals surface area contributed by atoms with Gasteiger partial charge in [-0.2, -0.15) is 0 Å². The van der Waals surface area contributed by atoms with Crippen LogP contribution in [0.2, 0.25) is 0 Å². The minimum absolute atomic E-state index is 0.242. The number of hydrogen-bond acceptors (Lipinski definition) is 5. The lowest BCUT2D eigenvalue weighted by Crippen LogP contribution is -2.34. The quantitative estimate of drug-likeness (QED) is 0.828. The molecule has 2 rings (SSSR count). The fourth-order valence-electron chi connectivity index (χ4n) is 1.82. The van der Waals surface area contributed by atoms with Crippen molar-refractivity contribution in [1.29, 1.82) is 0 Å². The highest BCUT2D eigenvalue weighted by molar-refractivity contribution is 7.17. The van der Waals surface area contributed by atoms with Crippen LogP contribution in [0, 0.1) is 5.92 Å². The molecule has 0 bridgehead atoms. The van der Waals surface area contributed by atoms with Crippen molar-refractivity contribution in [3.05, 3.63) is 11.1 Å². The van der Waals surface area contributed by atoms with Crippen molar-refractivity contribution in [1.82, 2.24) is 4.98 Å². The molecule has 1 saturated heterocycles. The van der Waals surface area contributed by atoms with Crippen molar-refractivity contribution in [2.45, 2.75) is 12.8 Å². The van der Waals surface area contributed by atoms with E-state index in [1.807, 2.05) is 0 Å². The van der Waals surface area contributed by atoms with E-state index < -0.39 is 5.97 Å². The predicted molar refractivity (Wildman–Crippen MR) is 61.1 cm³/mol. The summed E-state index contributed by atoms with van der Waals surface area (Å²) < 4.78 is 0. The first-order valence-corrected chi connectivity index (χ1v) is 6.07. The summed E-state index contributed by atoms with van der Waals surface area (Å²) >= 11 is 1.21. The van der Waals surface area contributed by atoms with Gasteiger partial charge in [0.15, 0.2) is 5.13 Å². The van der Waals surface area contributed by atoms with Crippen LogP contribution in [0.3, 0.4) is 0 Å². The molecule has 2 heterocycles. The second-order valence-electron chi connectivity index (χ2n) is 3.93. The number of carboxylic acid groups (broad SMARTS) is 1. The Morgan fingerprint density at radius 2 is 2.25 bits per heavy atom.